The van der Waals surface area contributed by atoms with Gasteiger partial charge in [-0.2, -0.15) is 0 Å². The molecule has 0 saturated carbocycles. The zero-order chi connectivity index (χ0) is 13.8. The first-order chi connectivity index (χ1) is 9.10. The fourth-order valence-corrected chi connectivity index (χ4v) is 2.50. The maximum atomic E-state index is 13.1. The van der Waals surface area contributed by atoms with E-state index in [2.05, 4.69) is 17.1 Å². The highest BCUT2D eigenvalue weighted by Gasteiger charge is 2.20. The molecule has 5 heteroatoms. The Morgan fingerprint density at radius 1 is 1.58 bits per heavy atom. The van der Waals surface area contributed by atoms with Crippen LogP contribution in [0.15, 0.2) is 18.2 Å². The molecule has 0 aliphatic carbocycles. The Morgan fingerprint density at radius 2 is 2.37 bits per heavy atom. The molecule has 0 spiro atoms. The third-order valence-electron chi connectivity index (χ3n) is 3.52. The van der Waals surface area contributed by atoms with E-state index >= 15 is 0 Å². The number of piperidine rings is 1. The molecule has 0 radical (unpaired) electrons. The first kappa shape index (κ1) is 13.8. The first-order valence-electron chi connectivity index (χ1n) is 6.62. The predicted octanol–water partition coefficient (Wildman–Crippen LogP) is 2.42. The van der Waals surface area contributed by atoms with Gasteiger partial charge in [0.25, 0.3) is 0 Å². The number of benzene rings is 1. The quantitative estimate of drug-likeness (QED) is 0.878. The number of likely N-dealkylation sites (tertiary alicyclic amines) is 1. The van der Waals surface area contributed by atoms with Crippen LogP contribution in [0.5, 0.6) is 0 Å². The molecule has 1 aliphatic rings. The lowest BCUT2D eigenvalue weighted by Gasteiger charge is -2.33. The SMILES string of the molecule is CCN1CCCC(Nc2ccc(F)cc2C(=O)O)C1. The zero-order valence-electron chi connectivity index (χ0n) is 11.0. The molecule has 19 heavy (non-hydrogen) atoms. The molecule has 1 unspecified atom stereocenters. The second-order valence-corrected chi connectivity index (χ2v) is 4.87. The number of carbonyl (C=O) groups is 1. The van der Waals surface area contributed by atoms with Gasteiger partial charge in [-0.1, -0.05) is 6.92 Å². The summed E-state index contributed by atoms with van der Waals surface area (Å²) in [5, 5.41) is 12.3. The van der Waals surface area contributed by atoms with Crippen molar-refractivity contribution in [3.63, 3.8) is 0 Å². The van der Waals surface area contributed by atoms with Crippen molar-refractivity contribution < 1.29 is 14.3 Å². The van der Waals surface area contributed by atoms with Crippen molar-refractivity contribution in [3.05, 3.63) is 29.6 Å². The maximum Gasteiger partial charge on any atom is 0.337 e. The average Bonchev–Trinajstić information content (AvgIpc) is 2.41. The molecular formula is C14H19FN2O2. The first-order valence-corrected chi connectivity index (χ1v) is 6.62. The van der Waals surface area contributed by atoms with Gasteiger partial charge in [-0.3, -0.25) is 0 Å². The van der Waals surface area contributed by atoms with Crippen LogP contribution >= 0.6 is 0 Å². The van der Waals surface area contributed by atoms with Gasteiger partial charge in [-0.05, 0) is 44.1 Å². The van der Waals surface area contributed by atoms with Crippen LogP contribution < -0.4 is 5.32 Å². The highest BCUT2D eigenvalue weighted by atomic mass is 19.1. The molecule has 0 aromatic heterocycles. The lowest BCUT2D eigenvalue weighted by molar-refractivity contribution is 0.0697. The Labute approximate surface area is 112 Å². The number of hydrogen-bond acceptors (Lipinski definition) is 3. The summed E-state index contributed by atoms with van der Waals surface area (Å²) in [4.78, 5) is 13.4. The summed E-state index contributed by atoms with van der Waals surface area (Å²) in [6.07, 6.45) is 2.10. The zero-order valence-corrected chi connectivity index (χ0v) is 11.0. The summed E-state index contributed by atoms with van der Waals surface area (Å²) in [5.74, 6) is -1.63. The number of nitrogens with one attached hydrogen (secondary N) is 1. The van der Waals surface area contributed by atoms with Crippen molar-refractivity contribution in [1.29, 1.82) is 0 Å². The molecular weight excluding hydrogens is 247 g/mol. The van der Waals surface area contributed by atoms with Gasteiger partial charge in [-0.15, -0.1) is 0 Å². The lowest BCUT2D eigenvalue weighted by atomic mass is 10.0. The van der Waals surface area contributed by atoms with Crippen LogP contribution in [0, 0.1) is 5.82 Å². The van der Waals surface area contributed by atoms with Gasteiger partial charge in [0.05, 0.1) is 5.56 Å². The molecule has 1 saturated heterocycles. The van der Waals surface area contributed by atoms with E-state index in [0.29, 0.717) is 5.69 Å². The Kier molecular flexibility index (Phi) is 4.37. The van der Waals surface area contributed by atoms with E-state index in [-0.39, 0.29) is 11.6 Å². The molecule has 0 amide bonds. The molecule has 4 nitrogen and oxygen atoms in total. The van der Waals surface area contributed by atoms with Gasteiger partial charge in [0.1, 0.15) is 5.82 Å². The summed E-state index contributed by atoms with van der Waals surface area (Å²) in [5.41, 5.74) is 0.491. The molecule has 1 aliphatic heterocycles. The second-order valence-electron chi connectivity index (χ2n) is 4.87. The molecule has 2 rings (SSSR count). The summed E-state index contributed by atoms with van der Waals surface area (Å²) >= 11 is 0. The van der Waals surface area contributed by atoms with Crippen LogP contribution in [0.3, 0.4) is 0 Å². The van der Waals surface area contributed by atoms with Crippen LogP contribution in [0.1, 0.15) is 30.1 Å². The number of carboxylic acids is 1. The molecule has 1 heterocycles. The van der Waals surface area contributed by atoms with Gasteiger partial charge < -0.3 is 15.3 Å². The number of rotatable bonds is 4. The van der Waals surface area contributed by atoms with E-state index < -0.39 is 11.8 Å². The molecule has 1 atom stereocenters. The van der Waals surface area contributed by atoms with Crippen LogP contribution in [0.25, 0.3) is 0 Å². The highest BCUT2D eigenvalue weighted by Crippen LogP contribution is 2.21. The van der Waals surface area contributed by atoms with Crippen molar-refractivity contribution in [2.45, 2.75) is 25.8 Å². The Hall–Kier alpha value is -1.62. The predicted molar refractivity (Wildman–Crippen MR) is 72.1 cm³/mol. The van der Waals surface area contributed by atoms with Crippen molar-refractivity contribution in [2.75, 3.05) is 25.0 Å². The monoisotopic (exact) mass is 266 g/mol. The van der Waals surface area contributed by atoms with Crippen LogP contribution in [-0.4, -0.2) is 41.7 Å². The fourth-order valence-electron chi connectivity index (χ4n) is 2.50. The van der Waals surface area contributed by atoms with Crippen molar-refractivity contribution in [2.24, 2.45) is 0 Å². The minimum absolute atomic E-state index is 0.00591. The molecule has 1 aromatic rings. The molecule has 1 fully saturated rings. The summed E-state index contributed by atoms with van der Waals surface area (Å²) < 4.78 is 13.1. The summed E-state index contributed by atoms with van der Waals surface area (Å²) in [6, 6.07) is 4.07. The van der Waals surface area contributed by atoms with E-state index in [0.717, 1.165) is 38.5 Å². The number of carboxylic acid groups (broad SMARTS) is 1. The third-order valence-corrected chi connectivity index (χ3v) is 3.52. The van der Waals surface area contributed by atoms with Crippen LogP contribution in [-0.2, 0) is 0 Å². The standard InChI is InChI=1S/C14H19FN2O2/c1-2-17-7-3-4-11(9-17)16-13-6-5-10(15)8-12(13)14(18)19/h5-6,8,11,16H,2-4,7,9H2,1H3,(H,18,19). The van der Waals surface area contributed by atoms with Gasteiger partial charge in [-0.25, -0.2) is 9.18 Å². The number of hydrogen-bond donors (Lipinski definition) is 2. The van der Waals surface area contributed by atoms with Gasteiger partial charge in [0.2, 0.25) is 0 Å². The van der Waals surface area contributed by atoms with Crippen LogP contribution in [0.2, 0.25) is 0 Å². The van der Waals surface area contributed by atoms with Gasteiger partial charge in [0.15, 0.2) is 0 Å². The normalized spacial score (nSPS) is 20.2. The minimum Gasteiger partial charge on any atom is -0.478 e. The Morgan fingerprint density at radius 3 is 3.05 bits per heavy atom. The number of nitrogens with zero attached hydrogens (tertiary/aromatic N) is 1. The van der Waals surface area contributed by atoms with E-state index in [9.17, 15) is 9.18 Å². The van der Waals surface area contributed by atoms with E-state index in [1.54, 1.807) is 0 Å². The highest BCUT2D eigenvalue weighted by molar-refractivity contribution is 5.94. The maximum absolute atomic E-state index is 13.1. The molecule has 0 bridgehead atoms. The summed E-state index contributed by atoms with van der Waals surface area (Å²) in [7, 11) is 0. The minimum atomic E-state index is -1.11. The van der Waals surface area contributed by atoms with E-state index in [1.165, 1.54) is 12.1 Å². The lowest BCUT2D eigenvalue weighted by Crippen LogP contribution is -2.42. The molecule has 1 aromatic carbocycles. The Bertz CT molecular complexity index is 465. The summed E-state index contributed by atoms with van der Waals surface area (Å²) in [6.45, 7) is 5.09. The van der Waals surface area contributed by atoms with Crippen molar-refractivity contribution in [3.8, 4) is 0 Å². The van der Waals surface area contributed by atoms with Gasteiger partial charge >= 0.3 is 5.97 Å². The molecule has 104 valence electrons. The topological polar surface area (TPSA) is 52.6 Å². The largest absolute Gasteiger partial charge is 0.478 e. The fraction of sp³-hybridized carbons (Fsp3) is 0.500. The van der Waals surface area contributed by atoms with Crippen molar-refractivity contribution in [1.82, 2.24) is 4.90 Å². The number of likely N-dealkylation sites (N-methyl/N-ethyl adjacent to an activating group) is 1. The van der Waals surface area contributed by atoms with E-state index in [1.807, 2.05) is 0 Å². The average molecular weight is 266 g/mol. The van der Waals surface area contributed by atoms with Crippen molar-refractivity contribution >= 4 is 11.7 Å². The second kappa shape index (κ2) is 6.02. The Balaban J connectivity index is 2.12. The van der Waals surface area contributed by atoms with Crippen LogP contribution in [0.4, 0.5) is 10.1 Å². The van der Waals surface area contributed by atoms with E-state index in [4.69, 9.17) is 5.11 Å². The smallest absolute Gasteiger partial charge is 0.337 e. The number of aromatic carboxylic acids is 1. The van der Waals surface area contributed by atoms with Gasteiger partial charge in [0, 0.05) is 18.3 Å². The number of anilines is 1. The molecule has 2 N–H and O–H groups in total. The third kappa shape index (κ3) is 3.44. The number of halogens is 1.